The van der Waals surface area contributed by atoms with Crippen LogP contribution in [-0.2, 0) is 10.0 Å². The maximum atomic E-state index is 13.0. The number of rotatable bonds is 6. The Labute approximate surface area is 159 Å². The van der Waals surface area contributed by atoms with Crippen molar-refractivity contribution >= 4 is 15.7 Å². The van der Waals surface area contributed by atoms with Gasteiger partial charge in [0.05, 0.1) is 13.3 Å². The van der Waals surface area contributed by atoms with Gasteiger partial charge in [0.15, 0.2) is 11.7 Å². The van der Waals surface area contributed by atoms with E-state index in [0.717, 1.165) is 5.56 Å². The summed E-state index contributed by atoms with van der Waals surface area (Å²) in [6, 6.07) is 12.2. The summed E-state index contributed by atoms with van der Waals surface area (Å²) < 4.78 is 39.3. The van der Waals surface area contributed by atoms with Crippen LogP contribution in [0.25, 0.3) is 11.3 Å². The molecule has 0 aliphatic carbocycles. The van der Waals surface area contributed by atoms with E-state index in [1.807, 2.05) is 12.1 Å². The second-order valence-electron chi connectivity index (χ2n) is 6.49. The highest BCUT2D eigenvalue weighted by atomic mass is 32.2. The second-order valence-corrected chi connectivity index (χ2v) is 8.14. The standard InChI is InChI=1S/C20H22N2O4S/c1-13(2)15-5-8-17(9-6-15)22-27(23,24)20-11-16(7-10-18(20)25-4)19-12-21-14(3)26-19/h5-13,22H,1-4H3. The molecule has 6 nitrogen and oxygen atoms in total. The Hall–Kier alpha value is -2.80. The zero-order chi connectivity index (χ0) is 19.6. The quantitative estimate of drug-likeness (QED) is 0.670. The molecule has 0 saturated heterocycles. The molecule has 3 aromatic rings. The Morgan fingerprint density at radius 3 is 2.37 bits per heavy atom. The van der Waals surface area contributed by atoms with Gasteiger partial charge in [-0.15, -0.1) is 0 Å². The highest BCUT2D eigenvalue weighted by molar-refractivity contribution is 7.92. The maximum absolute atomic E-state index is 13.0. The third-order valence-corrected chi connectivity index (χ3v) is 5.59. The largest absolute Gasteiger partial charge is 0.495 e. The van der Waals surface area contributed by atoms with Crippen molar-refractivity contribution in [2.24, 2.45) is 0 Å². The van der Waals surface area contributed by atoms with Crippen molar-refractivity contribution in [3.05, 3.63) is 60.1 Å². The lowest BCUT2D eigenvalue weighted by Gasteiger charge is -2.13. The molecular weight excluding hydrogens is 364 g/mol. The lowest BCUT2D eigenvalue weighted by Crippen LogP contribution is -2.14. The normalized spacial score (nSPS) is 11.6. The summed E-state index contributed by atoms with van der Waals surface area (Å²) in [6.07, 6.45) is 1.56. The molecule has 0 bridgehead atoms. The van der Waals surface area contributed by atoms with Gasteiger partial charge in [0.1, 0.15) is 10.6 Å². The van der Waals surface area contributed by atoms with Crippen LogP contribution < -0.4 is 9.46 Å². The summed E-state index contributed by atoms with van der Waals surface area (Å²) in [5.74, 6) is 1.63. The SMILES string of the molecule is COc1ccc(-c2cnc(C)o2)cc1S(=O)(=O)Nc1ccc(C(C)C)cc1. The molecule has 1 heterocycles. The Kier molecular flexibility index (Phi) is 5.23. The van der Waals surface area contributed by atoms with Gasteiger partial charge in [0.2, 0.25) is 0 Å². The number of ether oxygens (including phenoxy) is 1. The molecule has 0 radical (unpaired) electrons. The minimum absolute atomic E-state index is 0.0319. The molecule has 27 heavy (non-hydrogen) atoms. The van der Waals surface area contributed by atoms with E-state index >= 15 is 0 Å². The van der Waals surface area contributed by atoms with Crippen LogP contribution in [0, 0.1) is 6.92 Å². The van der Waals surface area contributed by atoms with Gasteiger partial charge in [-0.3, -0.25) is 4.72 Å². The number of anilines is 1. The predicted octanol–water partition coefficient (Wildman–Crippen LogP) is 4.58. The summed E-state index contributed by atoms with van der Waals surface area (Å²) >= 11 is 0. The van der Waals surface area contributed by atoms with Crippen molar-refractivity contribution < 1.29 is 17.6 Å². The summed E-state index contributed by atoms with van der Waals surface area (Å²) in [5, 5.41) is 0. The smallest absolute Gasteiger partial charge is 0.265 e. The number of nitrogens with one attached hydrogen (secondary N) is 1. The molecule has 2 aromatic carbocycles. The van der Waals surface area contributed by atoms with Gasteiger partial charge in [-0.25, -0.2) is 13.4 Å². The van der Waals surface area contributed by atoms with Crippen LogP contribution in [0.15, 0.2) is 58.0 Å². The van der Waals surface area contributed by atoms with Crippen molar-refractivity contribution in [3.63, 3.8) is 0 Å². The molecular formula is C20H22N2O4S. The van der Waals surface area contributed by atoms with Crippen molar-refractivity contribution in [3.8, 4) is 17.1 Å². The third kappa shape index (κ3) is 4.14. The summed E-state index contributed by atoms with van der Waals surface area (Å²) in [4.78, 5) is 4.09. The zero-order valence-electron chi connectivity index (χ0n) is 15.7. The number of sulfonamides is 1. The number of methoxy groups -OCH3 is 1. The average molecular weight is 386 g/mol. The van der Waals surface area contributed by atoms with E-state index in [2.05, 4.69) is 23.6 Å². The van der Waals surface area contributed by atoms with Crippen molar-refractivity contribution in [2.45, 2.75) is 31.6 Å². The summed E-state index contributed by atoms with van der Waals surface area (Å²) in [6.45, 7) is 5.90. The van der Waals surface area contributed by atoms with Crippen LogP contribution in [-0.4, -0.2) is 20.5 Å². The van der Waals surface area contributed by atoms with Crippen LogP contribution in [0.5, 0.6) is 5.75 Å². The monoisotopic (exact) mass is 386 g/mol. The van der Waals surface area contributed by atoms with E-state index in [1.54, 1.807) is 37.4 Å². The molecule has 0 atom stereocenters. The molecule has 0 unspecified atom stereocenters. The third-order valence-electron chi connectivity index (χ3n) is 4.19. The minimum Gasteiger partial charge on any atom is -0.495 e. The van der Waals surface area contributed by atoms with Gasteiger partial charge in [-0.1, -0.05) is 26.0 Å². The van der Waals surface area contributed by atoms with Gasteiger partial charge in [0, 0.05) is 18.2 Å². The topological polar surface area (TPSA) is 81.4 Å². The van der Waals surface area contributed by atoms with E-state index in [9.17, 15) is 8.42 Å². The molecule has 0 amide bonds. The Morgan fingerprint density at radius 2 is 1.81 bits per heavy atom. The van der Waals surface area contributed by atoms with Crippen LogP contribution in [0.2, 0.25) is 0 Å². The van der Waals surface area contributed by atoms with Crippen molar-refractivity contribution in [2.75, 3.05) is 11.8 Å². The first kappa shape index (κ1) is 19.0. The number of benzene rings is 2. The van der Waals surface area contributed by atoms with Gasteiger partial charge >= 0.3 is 0 Å². The number of hydrogen-bond donors (Lipinski definition) is 1. The number of hydrogen-bond acceptors (Lipinski definition) is 5. The molecule has 0 saturated carbocycles. The van der Waals surface area contributed by atoms with Gasteiger partial charge in [-0.2, -0.15) is 0 Å². The second kappa shape index (κ2) is 7.44. The van der Waals surface area contributed by atoms with E-state index in [4.69, 9.17) is 9.15 Å². The first-order valence-corrected chi connectivity index (χ1v) is 10.0. The van der Waals surface area contributed by atoms with Crippen LogP contribution in [0.3, 0.4) is 0 Å². The molecule has 3 rings (SSSR count). The van der Waals surface area contributed by atoms with Gasteiger partial charge < -0.3 is 9.15 Å². The van der Waals surface area contributed by atoms with E-state index in [0.29, 0.717) is 28.8 Å². The summed E-state index contributed by atoms with van der Waals surface area (Å²) in [7, 11) is -2.42. The van der Waals surface area contributed by atoms with Crippen LogP contribution >= 0.6 is 0 Å². The molecule has 0 aliphatic heterocycles. The van der Waals surface area contributed by atoms with Crippen molar-refractivity contribution in [1.82, 2.24) is 4.98 Å². The van der Waals surface area contributed by atoms with Crippen LogP contribution in [0.1, 0.15) is 31.2 Å². The number of oxazole rings is 1. The fourth-order valence-corrected chi connectivity index (χ4v) is 3.94. The molecule has 0 spiro atoms. The Morgan fingerprint density at radius 1 is 1.11 bits per heavy atom. The minimum atomic E-state index is -3.85. The Balaban J connectivity index is 1.97. The fraction of sp³-hybridized carbons (Fsp3) is 0.250. The molecule has 1 aromatic heterocycles. The highest BCUT2D eigenvalue weighted by Gasteiger charge is 2.21. The fourth-order valence-electron chi connectivity index (χ4n) is 2.68. The first-order chi connectivity index (χ1) is 12.8. The van der Waals surface area contributed by atoms with Gasteiger partial charge in [-0.05, 0) is 41.8 Å². The Bertz CT molecular complexity index is 1040. The van der Waals surface area contributed by atoms with E-state index in [-0.39, 0.29) is 10.6 Å². The lowest BCUT2D eigenvalue weighted by atomic mass is 10.0. The molecule has 0 aliphatic rings. The number of nitrogens with zero attached hydrogens (tertiary/aromatic N) is 1. The van der Waals surface area contributed by atoms with E-state index in [1.165, 1.54) is 13.2 Å². The number of aryl methyl sites for hydroxylation is 1. The van der Waals surface area contributed by atoms with Gasteiger partial charge in [0.25, 0.3) is 10.0 Å². The average Bonchev–Trinajstić information content (AvgIpc) is 3.07. The summed E-state index contributed by atoms with van der Waals surface area (Å²) in [5.41, 5.74) is 2.23. The number of aromatic nitrogens is 1. The van der Waals surface area contributed by atoms with Crippen LogP contribution in [0.4, 0.5) is 5.69 Å². The predicted molar refractivity (Wildman–Crippen MR) is 105 cm³/mol. The molecule has 0 fully saturated rings. The highest BCUT2D eigenvalue weighted by Crippen LogP contribution is 2.31. The molecule has 142 valence electrons. The molecule has 1 N–H and O–H groups in total. The molecule has 7 heteroatoms. The maximum Gasteiger partial charge on any atom is 0.265 e. The van der Waals surface area contributed by atoms with Crippen molar-refractivity contribution in [1.29, 1.82) is 0 Å². The van der Waals surface area contributed by atoms with E-state index < -0.39 is 10.0 Å². The lowest BCUT2D eigenvalue weighted by molar-refractivity contribution is 0.403. The first-order valence-electron chi connectivity index (χ1n) is 8.54. The zero-order valence-corrected chi connectivity index (χ0v) is 16.5.